The van der Waals surface area contributed by atoms with Gasteiger partial charge in [-0.05, 0) is 62.1 Å². The minimum Gasteiger partial charge on any atom is -0.370 e. The van der Waals surface area contributed by atoms with Crippen LogP contribution in [0.4, 0.5) is 11.5 Å². The van der Waals surface area contributed by atoms with Crippen LogP contribution < -0.4 is 16.0 Å². The molecule has 0 aliphatic heterocycles. The first-order chi connectivity index (χ1) is 12.2. The van der Waals surface area contributed by atoms with E-state index in [2.05, 4.69) is 20.9 Å². The maximum absolute atomic E-state index is 12.3. The summed E-state index contributed by atoms with van der Waals surface area (Å²) in [5, 5.41) is 8.81. The lowest BCUT2D eigenvalue weighted by Crippen LogP contribution is -2.22. The zero-order valence-corrected chi connectivity index (χ0v) is 14.2. The largest absolute Gasteiger partial charge is 0.370 e. The molecule has 2 amide bonds. The van der Waals surface area contributed by atoms with Crippen molar-refractivity contribution in [2.75, 3.05) is 23.7 Å². The number of rotatable bonds is 7. The van der Waals surface area contributed by atoms with E-state index in [0.717, 1.165) is 18.3 Å². The molecule has 0 unspecified atom stereocenters. The smallest absolute Gasteiger partial charge is 0.257 e. The van der Waals surface area contributed by atoms with Crippen molar-refractivity contribution in [3.63, 3.8) is 0 Å². The van der Waals surface area contributed by atoms with E-state index in [0.29, 0.717) is 23.4 Å². The van der Waals surface area contributed by atoms with Gasteiger partial charge in [-0.15, -0.1) is 0 Å². The Morgan fingerprint density at radius 1 is 1.04 bits per heavy atom. The predicted molar refractivity (Wildman–Crippen MR) is 97.9 cm³/mol. The third-order valence-electron chi connectivity index (χ3n) is 4.04. The number of carbonyl (C=O) groups is 2. The van der Waals surface area contributed by atoms with Crippen LogP contribution >= 0.6 is 0 Å². The molecule has 0 radical (unpaired) electrons. The second kappa shape index (κ2) is 7.79. The number of anilines is 2. The van der Waals surface area contributed by atoms with Gasteiger partial charge in [0.2, 0.25) is 0 Å². The maximum atomic E-state index is 12.3. The number of benzene rings is 1. The molecule has 1 aromatic heterocycles. The van der Waals surface area contributed by atoms with Gasteiger partial charge in [0.1, 0.15) is 5.82 Å². The minimum atomic E-state index is -0.230. The highest BCUT2D eigenvalue weighted by molar-refractivity contribution is 6.04. The summed E-state index contributed by atoms with van der Waals surface area (Å²) < 4.78 is 0. The number of hydrogen-bond donors (Lipinski definition) is 3. The maximum Gasteiger partial charge on any atom is 0.257 e. The molecule has 1 fully saturated rings. The van der Waals surface area contributed by atoms with Gasteiger partial charge in [0.05, 0.1) is 5.56 Å². The van der Waals surface area contributed by atoms with Crippen molar-refractivity contribution in [2.45, 2.75) is 19.8 Å². The molecule has 3 rings (SSSR count). The molecule has 1 saturated carbocycles. The highest BCUT2D eigenvalue weighted by Crippen LogP contribution is 2.28. The Morgan fingerprint density at radius 3 is 2.36 bits per heavy atom. The third-order valence-corrected chi connectivity index (χ3v) is 4.04. The molecule has 1 heterocycles. The van der Waals surface area contributed by atoms with Crippen molar-refractivity contribution >= 4 is 23.3 Å². The van der Waals surface area contributed by atoms with Crippen LogP contribution in [0.1, 0.15) is 40.5 Å². The highest BCUT2D eigenvalue weighted by Gasteiger charge is 2.20. The average molecular weight is 338 g/mol. The molecule has 3 N–H and O–H groups in total. The Balaban J connectivity index is 1.56. The van der Waals surface area contributed by atoms with E-state index in [-0.39, 0.29) is 11.8 Å². The summed E-state index contributed by atoms with van der Waals surface area (Å²) in [6, 6.07) is 10.4. The normalized spacial score (nSPS) is 13.2. The Hall–Kier alpha value is -2.89. The molecule has 1 aliphatic rings. The van der Waals surface area contributed by atoms with Crippen molar-refractivity contribution in [3.8, 4) is 0 Å². The minimum absolute atomic E-state index is 0.126. The van der Waals surface area contributed by atoms with Crippen LogP contribution in [0.15, 0.2) is 42.6 Å². The molecular weight excluding hydrogens is 316 g/mol. The van der Waals surface area contributed by atoms with Crippen molar-refractivity contribution < 1.29 is 9.59 Å². The highest BCUT2D eigenvalue weighted by atomic mass is 16.2. The average Bonchev–Trinajstić information content (AvgIpc) is 3.45. The summed E-state index contributed by atoms with van der Waals surface area (Å²) in [5.41, 5.74) is 1.69. The second-order valence-electron chi connectivity index (χ2n) is 6.15. The Labute approximate surface area is 147 Å². The lowest BCUT2D eigenvalue weighted by Gasteiger charge is -2.08. The van der Waals surface area contributed by atoms with E-state index in [4.69, 9.17) is 0 Å². The molecule has 6 nitrogen and oxygen atoms in total. The first-order valence-corrected chi connectivity index (χ1v) is 8.55. The van der Waals surface area contributed by atoms with Gasteiger partial charge >= 0.3 is 0 Å². The Bertz CT molecular complexity index is 737. The molecular formula is C19H22N4O2. The lowest BCUT2D eigenvalue weighted by atomic mass is 10.2. The standard InChI is InChI=1S/C19H22N4O2/c1-2-20-18(24)14-5-8-16(9-6-14)23-19(25)15-7-10-17(22-12-15)21-11-13-3-4-13/h5-10,12-13H,2-4,11H2,1H3,(H,20,24)(H,21,22)(H,23,25). The van der Waals surface area contributed by atoms with Crippen molar-refractivity contribution in [2.24, 2.45) is 5.92 Å². The van der Waals surface area contributed by atoms with Gasteiger partial charge in [0, 0.05) is 30.5 Å². The molecule has 0 bridgehead atoms. The predicted octanol–water partition coefficient (Wildman–Crippen LogP) is 2.91. The van der Waals surface area contributed by atoms with Gasteiger partial charge in [-0.3, -0.25) is 9.59 Å². The molecule has 130 valence electrons. The third kappa shape index (κ3) is 4.79. The quantitative estimate of drug-likeness (QED) is 0.725. The molecule has 1 aromatic carbocycles. The zero-order chi connectivity index (χ0) is 17.6. The van der Waals surface area contributed by atoms with Crippen molar-refractivity contribution in [1.82, 2.24) is 10.3 Å². The second-order valence-corrected chi connectivity index (χ2v) is 6.15. The van der Waals surface area contributed by atoms with Crippen molar-refractivity contribution in [3.05, 3.63) is 53.7 Å². The van der Waals surface area contributed by atoms with E-state index >= 15 is 0 Å². The molecule has 2 aromatic rings. The van der Waals surface area contributed by atoms with Gasteiger partial charge in [-0.1, -0.05) is 0 Å². The SMILES string of the molecule is CCNC(=O)c1ccc(NC(=O)c2ccc(NCC3CC3)nc2)cc1. The molecule has 25 heavy (non-hydrogen) atoms. The first-order valence-electron chi connectivity index (χ1n) is 8.55. The number of nitrogens with zero attached hydrogens (tertiary/aromatic N) is 1. The van der Waals surface area contributed by atoms with Gasteiger partial charge in [-0.2, -0.15) is 0 Å². The Morgan fingerprint density at radius 2 is 1.76 bits per heavy atom. The summed E-state index contributed by atoms with van der Waals surface area (Å²) in [6.45, 7) is 3.39. The Kier molecular flexibility index (Phi) is 5.28. The summed E-state index contributed by atoms with van der Waals surface area (Å²) in [6.07, 6.45) is 4.13. The number of pyridine rings is 1. The van der Waals surface area contributed by atoms with Gasteiger partial charge in [0.15, 0.2) is 0 Å². The van der Waals surface area contributed by atoms with E-state index in [9.17, 15) is 9.59 Å². The number of hydrogen-bond acceptors (Lipinski definition) is 4. The monoisotopic (exact) mass is 338 g/mol. The molecule has 0 saturated heterocycles. The zero-order valence-electron chi connectivity index (χ0n) is 14.2. The lowest BCUT2D eigenvalue weighted by molar-refractivity contribution is 0.0955. The summed E-state index contributed by atoms with van der Waals surface area (Å²) in [4.78, 5) is 28.3. The number of aromatic nitrogens is 1. The van der Waals surface area contributed by atoms with Crippen molar-refractivity contribution in [1.29, 1.82) is 0 Å². The molecule has 0 atom stereocenters. The van der Waals surface area contributed by atoms with Crippen LogP contribution in [0, 0.1) is 5.92 Å². The van der Waals surface area contributed by atoms with Gasteiger partial charge in [0.25, 0.3) is 11.8 Å². The van der Waals surface area contributed by atoms with E-state index < -0.39 is 0 Å². The topological polar surface area (TPSA) is 83.1 Å². The van der Waals surface area contributed by atoms with Crippen LogP contribution in [-0.4, -0.2) is 29.9 Å². The number of amides is 2. The number of nitrogens with one attached hydrogen (secondary N) is 3. The summed E-state index contributed by atoms with van der Waals surface area (Å²) in [5.74, 6) is 1.20. The number of carbonyl (C=O) groups excluding carboxylic acids is 2. The van der Waals surface area contributed by atoms with Crippen LogP contribution in [0.25, 0.3) is 0 Å². The summed E-state index contributed by atoms with van der Waals surface area (Å²) >= 11 is 0. The van der Waals surface area contributed by atoms with Gasteiger partial charge in [-0.25, -0.2) is 4.98 Å². The first kappa shape index (κ1) is 17.0. The van der Waals surface area contributed by atoms with Crippen LogP contribution in [-0.2, 0) is 0 Å². The van der Waals surface area contributed by atoms with Gasteiger partial charge < -0.3 is 16.0 Å². The fourth-order valence-corrected chi connectivity index (χ4v) is 2.37. The fourth-order valence-electron chi connectivity index (χ4n) is 2.37. The molecule has 1 aliphatic carbocycles. The summed E-state index contributed by atoms with van der Waals surface area (Å²) in [7, 11) is 0. The molecule has 0 spiro atoms. The molecule has 6 heteroatoms. The van der Waals surface area contributed by atoms with E-state index in [1.165, 1.54) is 12.8 Å². The fraction of sp³-hybridized carbons (Fsp3) is 0.316. The van der Waals surface area contributed by atoms with Crippen LogP contribution in [0.5, 0.6) is 0 Å². The van der Waals surface area contributed by atoms with Crippen LogP contribution in [0.2, 0.25) is 0 Å². The van der Waals surface area contributed by atoms with E-state index in [1.54, 1.807) is 36.5 Å². The van der Waals surface area contributed by atoms with Crippen LogP contribution in [0.3, 0.4) is 0 Å². The van der Waals surface area contributed by atoms with E-state index in [1.807, 2.05) is 13.0 Å².